The Morgan fingerprint density at radius 3 is 2.69 bits per heavy atom. The number of nitrogens with two attached hydrogens (primary N) is 1. The van der Waals surface area contributed by atoms with Gasteiger partial charge in [-0.1, -0.05) is 22.0 Å². The summed E-state index contributed by atoms with van der Waals surface area (Å²) in [5.41, 5.74) is 6.82. The molecule has 0 saturated heterocycles. The maximum Gasteiger partial charge on any atom is 0.156 e. The molecule has 0 unspecified atom stereocenters. The van der Waals surface area contributed by atoms with Crippen LogP contribution in [0.5, 0.6) is 0 Å². The molecule has 1 aromatic carbocycles. The fourth-order valence-corrected chi connectivity index (χ4v) is 3.26. The number of hydrogen-bond acceptors (Lipinski definition) is 4. The molecule has 0 atom stereocenters. The number of rotatable bonds is 5. The Balaban J connectivity index is 2.88. The molecule has 0 fully saturated rings. The van der Waals surface area contributed by atoms with E-state index in [-0.39, 0.29) is 18.1 Å². The monoisotopic (exact) mass is 307 g/mol. The van der Waals surface area contributed by atoms with Crippen molar-refractivity contribution in [3.8, 4) is 0 Å². The van der Waals surface area contributed by atoms with E-state index < -0.39 is 9.84 Å². The van der Waals surface area contributed by atoms with E-state index >= 15 is 0 Å². The van der Waals surface area contributed by atoms with Gasteiger partial charge in [-0.25, -0.2) is 8.42 Å². The van der Waals surface area contributed by atoms with Gasteiger partial charge >= 0.3 is 0 Å². The Kier molecular flexibility index (Phi) is 4.76. The van der Waals surface area contributed by atoms with Gasteiger partial charge in [-0.2, -0.15) is 0 Å². The first-order chi connectivity index (χ1) is 7.46. The summed E-state index contributed by atoms with van der Waals surface area (Å²) in [4.78, 5) is 0. The fraction of sp³-hybridized carbons (Fsp3) is 0.400. The van der Waals surface area contributed by atoms with E-state index in [2.05, 4.69) is 15.9 Å². The van der Waals surface area contributed by atoms with Crippen LogP contribution in [0.15, 0.2) is 22.7 Å². The number of nitrogen functional groups attached to an aromatic ring is 1. The van der Waals surface area contributed by atoms with Crippen molar-refractivity contribution in [1.29, 1.82) is 0 Å². The third-order valence-electron chi connectivity index (χ3n) is 2.12. The van der Waals surface area contributed by atoms with E-state index in [1.165, 1.54) is 7.11 Å². The molecule has 16 heavy (non-hydrogen) atoms. The molecule has 0 aromatic heterocycles. The molecule has 0 bridgehead atoms. The van der Waals surface area contributed by atoms with Crippen LogP contribution in [0.3, 0.4) is 0 Å². The highest BCUT2D eigenvalue weighted by Crippen LogP contribution is 2.24. The zero-order chi connectivity index (χ0) is 12.2. The highest BCUT2D eigenvalue weighted by molar-refractivity contribution is 9.10. The average Bonchev–Trinajstić information content (AvgIpc) is 2.21. The predicted molar refractivity (Wildman–Crippen MR) is 67.9 cm³/mol. The molecule has 2 N–H and O–H groups in total. The first kappa shape index (κ1) is 13.5. The van der Waals surface area contributed by atoms with Crippen LogP contribution < -0.4 is 5.73 Å². The molecule has 0 aliphatic carbocycles. The van der Waals surface area contributed by atoms with E-state index in [1.54, 1.807) is 18.2 Å². The standard InChI is InChI=1S/C10H14BrNO3S/c1-15-5-6-16(13,14)7-8-9(11)3-2-4-10(8)12/h2-4H,5-7,12H2,1H3. The summed E-state index contributed by atoms with van der Waals surface area (Å²) in [5.74, 6) is -0.0616. The molecule has 4 nitrogen and oxygen atoms in total. The zero-order valence-electron chi connectivity index (χ0n) is 8.94. The van der Waals surface area contributed by atoms with Crippen LogP contribution in [0.4, 0.5) is 5.69 Å². The maximum absolute atomic E-state index is 11.7. The summed E-state index contributed by atoms with van der Waals surface area (Å²) < 4.78 is 28.9. The molecule has 0 amide bonds. The highest BCUT2D eigenvalue weighted by atomic mass is 79.9. The van der Waals surface area contributed by atoms with Gasteiger partial charge in [0.15, 0.2) is 9.84 Å². The second kappa shape index (κ2) is 5.65. The lowest BCUT2D eigenvalue weighted by Gasteiger charge is -2.08. The summed E-state index contributed by atoms with van der Waals surface area (Å²) in [6.07, 6.45) is 0. The van der Waals surface area contributed by atoms with Gasteiger partial charge in [0.25, 0.3) is 0 Å². The predicted octanol–water partition coefficient (Wildman–Crippen LogP) is 1.59. The van der Waals surface area contributed by atoms with Crippen molar-refractivity contribution in [2.45, 2.75) is 5.75 Å². The third-order valence-corrected chi connectivity index (χ3v) is 4.38. The summed E-state index contributed by atoms with van der Waals surface area (Å²) in [6.45, 7) is 0.201. The summed E-state index contributed by atoms with van der Waals surface area (Å²) >= 11 is 3.29. The largest absolute Gasteiger partial charge is 0.398 e. The molecule has 1 rings (SSSR count). The Morgan fingerprint density at radius 1 is 1.44 bits per heavy atom. The topological polar surface area (TPSA) is 69.4 Å². The molecule has 1 aromatic rings. The van der Waals surface area contributed by atoms with Crippen molar-refractivity contribution < 1.29 is 13.2 Å². The van der Waals surface area contributed by atoms with Crippen LogP contribution in [0.25, 0.3) is 0 Å². The van der Waals surface area contributed by atoms with Crippen LogP contribution >= 0.6 is 15.9 Å². The first-order valence-electron chi connectivity index (χ1n) is 4.68. The van der Waals surface area contributed by atoms with Gasteiger partial charge in [-0.15, -0.1) is 0 Å². The summed E-state index contributed by atoms with van der Waals surface area (Å²) in [6, 6.07) is 5.23. The van der Waals surface area contributed by atoms with Gasteiger partial charge in [0.05, 0.1) is 18.1 Å². The van der Waals surface area contributed by atoms with Crippen molar-refractivity contribution in [1.82, 2.24) is 0 Å². The number of anilines is 1. The number of halogens is 1. The lowest BCUT2D eigenvalue weighted by Crippen LogP contribution is -2.14. The van der Waals surface area contributed by atoms with Crippen LogP contribution in [0.2, 0.25) is 0 Å². The minimum absolute atomic E-state index is 0.00424. The molecule has 6 heteroatoms. The maximum atomic E-state index is 11.7. The second-order valence-electron chi connectivity index (χ2n) is 3.39. The minimum Gasteiger partial charge on any atom is -0.398 e. The molecule has 0 aliphatic heterocycles. The number of benzene rings is 1. The smallest absolute Gasteiger partial charge is 0.156 e. The van der Waals surface area contributed by atoms with Gasteiger partial charge in [0.2, 0.25) is 0 Å². The van der Waals surface area contributed by atoms with E-state index in [0.29, 0.717) is 15.7 Å². The van der Waals surface area contributed by atoms with Crippen LogP contribution in [0, 0.1) is 0 Å². The van der Waals surface area contributed by atoms with Crippen LogP contribution in [-0.4, -0.2) is 27.9 Å². The Bertz CT molecular complexity index is 439. The first-order valence-corrected chi connectivity index (χ1v) is 7.30. The van der Waals surface area contributed by atoms with Crippen molar-refractivity contribution >= 4 is 31.5 Å². The van der Waals surface area contributed by atoms with E-state index in [0.717, 1.165) is 0 Å². The number of sulfone groups is 1. The molecule has 0 spiro atoms. The normalized spacial score (nSPS) is 11.6. The van der Waals surface area contributed by atoms with Gasteiger partial charge < -0.3 is 10.5 Å². The van der Waals surface area contributed by atoms with Gasteiger partial charge in [-0.3, -0.25) is 0 Å². The summed E-state index contributed by atoms with van der Waals surface area (Å²) in [7, 11) is -1.70. The fourth-order valence-electron chi connectivity index (χ4n) is 1.23. The Hall–Kier alpha value is -0.590. The van der Waals surface area contributed by atoms with E-state index in [4.69, 9.17) is 10.5 Å². The molecule has 0 aliphatic rings. The lowest BCUT2D eigenvalue weighted by molar-refractivity contribution is 0.217. The molecular weight excluding hydrogens is 294 g/mol. The van der Waals surface area contributed by atoms with Crippen molar-refractivity contribution in [2.24, 2.45) is 0 Å². The SMILES string of the molecule is COCCS(=O)(=O)Cc1c(N)cccc1Br. The summed E-state index contributed by atoms with van der Waals surface area (Å²) in [5, 5.41) is 0. The van der Waals surface area contributed by atoms with Crippen molar-refractivity contribution in [2.75, 3.05) is 25.2 Å². The Morgan fingerprint density at radius 2 is 2.12 bits per heavy atom. The third kappa shape index (κ3) is 3.77. The number of hydrogen-bond donors (Lipinski definition) is 1. The minimum atomic E-state index is -3.18. The van der Waals surface area contributed by atoms with E-state index in [9.17, 15) is 8.42 Å². The van der Waals surface area contributed by atoms with Crippen LogP contribution in [-0.2, 0) is 20.3 Å². The zero-order valence-corrected chi connectivity index (χ0v) is 11.3. The molecule has 0 radical (unpaired) electrons. The average molecular weight is 308 g/mol. The lowest BCUT2D eigenvalue weighted by atomic mass is 10.2. The molecule has 0 saturated carbocycles. The highest BCUT2D eigenvalue weighted by Gasteiger charge is 2.15. The van der Waals surface area contributed by atoms with Gasteiger partial charge in [0, 0.05) is 22.8 Å². The number of methoxy groups -OCH3 is 1. The Labute approximate surface area is 104 Å². The molecule has 0 heterocycles. The van der Waals surface area contributed by atoms with E-state index in [1.807, 2.05) is 0 Å². The number of ether oxygens (including phenoxy) is 1. The molecular formula is C10H14BrNO3S. The molecule has 90 valence electrons. The van der Waals surface area contributed by atoms with Gasteiger partial charge in [-0.05, 0) is 12.1 Å². The quantitative estimate of drug-likeness (QED) is 0.839. The second-order valence-corrected chi connectivity index (χ2v) is 6.43. The van der Waals surface area contributed by atoms with Gasteiger partial charge in [0.1, 0.15) is 0 Å². The van der Waals surface area contributed by atoms with Crippen molar-refractivity contribution in [3.63, 3.8) is 0 Å². The van der Waals surface area contributed by atoms with Crippen LogP contribution in [0.1, 0.15) is 5.56 Å². The van der Waals surface area contributed by atoms with Crippen molar-refractivity contribution in [3.05, 3.63) is 28.2 Å².